The molecule has 0 atom stereocenters. The molecule has 0 bridgehead atoms. The molecule has 4 nitrogen and oxygen atoms in total. The first kappa shape index (κ1) is 7.68. The summed E-state index contributed by atoms with van der Waals surface area (Å²) >= 11 is 3.09. The van der Waals surface area contributed by atoms with Gasteiger partial charge >= 0.3 is 0 Å². The number of rotatable bonds is 2. The van der Waals surface area contributed by atoms with Crippen molar-refractivity contribution in [2.75, 3.05) is 14.1 Å². The van der Waals surface area contributed by atoms with E-state index in [4.69, 9.17) is 4.52 Å². The van der Waals surface area contributed by atoms with E-state index in [2.05, 4.69) is 26.1 Å². The fraction of sp³-hybridized carbons (Fsp3) is 0.600. The van der Waals surface area contributed by atoms with Gasteiger partial charge in [0.2, 0.25) is 10.6 Å². The Labute approximate surface area is 67.3 Å². The van der Waals surface area contributed by atoms with Crippen molar-refractivity contribution in [1.82, 2.24) is 15.0 Å². The van der Waals surface area contributed by atoms with Crippen LogP contribution in [-0.4, -0.2) is 29.1 Å². The van der Waals surface area contributed by atoms with Crippen molar-refractivity contribution in [3.8, 4) is 0 Å². The molecule has 56 valence electrons. The van der Waals surface area contributed by atoms with E-state index in [1.807, 2.05) is 19.0 Å². The third-order valence-electron chi connectivity index (χ3n) is 0.895. The van der Waals surface area contributed by atoms with Gasteiger partial charge in [-0.15, -0.1) is 0 Å². The fourth-order valence-electron chi connectivity index (χ4n) is 0.569. The zero-order valence-corrected chi connectivity index (χ0v) is 7.42. The van der Waals surface area contributed by atoms with Crippen molar-refractivity contribution >= 4 is 15.9 Å². The van der Waals surface area contributed by atoms with Crippen LogP contribution in [0.5, 0.6) is 0 Å². The predicted octanol–water partition coefficient (Wildman–Crippen LogP) is 0.894. The second-order valence-corrected chi connectivity index (χ2v) is 2.90. The maximum Gasteiger partial charge on any atom is 0.241 e. The molecule has 0 unspecified atom stereocenters. The van der Waals surface area contributed by atoms with Crippen molar-refractivity contribution in [2.24, 2.45) is 0 Å². The molecule has 5 heteroatoms. The highest BCUT2D eigenvalue weighted by Crippen LogP contribution is 2.04. The van der Waals surface area contributed by atoms with Gasteiger partial charge < -0.3 is 9.42 Å². The molecule has 0 aliphatic carbocycles. The first-order valence-electron chi connectivity index (χ1n) is 2.81. The van der Waals surface area contributed by atoms with Crippen molar-refractivity contribution < 1.29 is 4.52 Å². The van der Waals surface area contributed by atoms with Gasteiger partial charge in [0.15, 0.2) is 0 Å². The molecule has 0 amide bonds. The highest BCUT2D eigenvalue weighted by Gasteiger charge is 2.02. The summed E-state index contributed by atoms with van der Waals surface area (Å²) in [6.07, 6.45) is 0. The van der Waals surface area contributed by atoms with E-state index >= 15 is 0 Å². The zero-order valence-electron chi connectivity index (χ0n) is 5.83. The molecule has 0 radical (unpaired) electrons. The first-order chi connectivity index (χ1) is 4.68. The van der Waals surface area contributed by atoms with E-state index in [1.54, 1.807) is 0 Å². The molecule has 10 heavy (non-hydrogen) atoms. The zero-order chi connectivity index (χ0) is 7.56. The summed E-state index contributed by atoms with van der Waals surface area (Å²) in [5, 5.41) is 3.57. The van der Waals surface area contributed by atoms with E-state index in [1.165, 1.54) is 0 Å². The van der Waals surface area contributed by atoms with Crippen LogP contribution in [0.25, 0.3) is 0 Å². The molecule has 0 aliphatic heterocycles. The molecule has 1 aromatic rings. The average molecular weight is 206 g/mol. The lowest BCUT2D eigenvalue weighted by molar-refractivity contribution is 0.302. The number of halogens is 1. The summed E-state index contributed by atoms with van der Waals surface area (Å²) in [5.74, 6) is 0.622. The predicted molar refractivity (Wildman–Crippen MR) is 39.4 cm³/mol. The van der Waals surface area contributed by atoms with Crippen LogP contribution in [0.2, 0.25) is 0 Å². The van der Waals surface area contributed by atoms with Crippen molar-refractivity contribution in [3.63, 3.8) is 0 Å². The molecular weight excluding hydrogens is 198 g/mol. The maximum atomic E-state index is 4.83. The van der Waals surface area contributed by atoms with Crippen LogP contribution in [-0.2, 0) is 6.54 Å². The average Bonchev–Trinajstić information content (AvgIpc) is 2.13. The number of hydrogen-bond donors (Lipinski definition) is 0. The normalized spacial score (nSPS) is 10.8. The topological polar surface area (TPSA) is 42.2 Å². The second-order valence-electron chi connectivity index (χ2n) is 2.19. The highest BCUT2D eigenvalue weighted by atomic mass is 79.9. The lowest BCUT2D eigenvalue weighted by Gasteiger charge is -2.02. The van der Waals surface area contributed by atoms with Gasteiger partial charge in [0.25, 0.3) is 0 Å². The first-order valence-corrected chi connectivity index (χ1v) is 3.60. The van der Waals surface area contributed by atoms with Crippen LogP contribution in [0.4, 0.5) is 0 Å². The Morgan fingerprint density at radius 1 is 1.60 bits per heavy atom. The Morgan fingerprint density at radius 3 is 2.70 bits per heavy atom. The minimum Gasteiger partial charge on any atom is -0.337 e. The molecular formula is C5H8BrN3O. The van der Waals surface area contributed by atoms with Crippen LogP contribution in [0.15, 0.2) is 9.26 Å². The van der Waals surface area contributed by atoms with E-state index in [0.717, 1.165) is 0 Å². The van der Waals surface area contributed by atoms with Gasteiger partial charge in [0.05, 0.1) is 6.54 Å². The van der Waals surface area contributed by atoms with E-state index in [0.29, 0.717) is 17.2 Å². The lowest BCUT2D eigenvalue weighted by atomic mass is 10.6. The third-order valence-corrected chi connectivity index (χ3v) is 1.22. The summed E-state index contributed by atoms with van der Waals surface area (Å²) < 4.78 is 5.33. The van der Waals surface area contributed by atoms with Crippen LogP contribution >= 0.6 is 15.9 Å². The Hall–Kier alpha value is -0.420. The van der Waals surface area contributed by atoms with Gasteiger partial charge in [0.1, 0.15) is 0 Å². The number of hydrogen-bond acceptors (Lipinski definition) is 4. The molecule has 0 spiro atoms. The van der Waals surface area contributed by atoms with Crippen molar-refractivity contribution in [3.05, 3.63) is 10.6 Å². The Morgan fingerprint density at radius 2 is 2.30 bits per heavy atom. The molecule has 0 N–H and O–H groups in total. The van der Waals surface area contributed by atoms with Crippen LogP contribution in [0.1, 0.15) is 5.89 Å². The molecule has 0 fully saturated rings. The van der Waals surface area contributed by atoms with Gasteiger partial charge in [-0.2, -0.15) is 4.98 Å². The van der Waals surface area contributed by atoms with Gasteiger partial charge in [0, 0.05) is 0 Å². The minimum atomic E-state index is 0.504. The monoisotopic (exact) mass is 205 g/mol. The lowest BCUT2D eigenvalue weighted by Crippen LogP contribution is -2.10. The molecule has 0 aliphatic rings. The molecule has 0 saturated heterocycles. The molecule has 0 aromatic carbocycles. The van der Waals surface area contributed by atoms with E-state index in [9.17, 15) is 0 Å². The van der Waals surface area contributed by atoms with Crippen LogP contribution < -0.4 is 0 Å². The quantitative estimate of drug-likeness (QED) is 0.720. The summed E-state index contributed by atoms with van der Waals surface area (Å²) in [5.41, 5.74) is 0. The van der Waals surface area contributed by atoms with Crippen LogP contribution in [0, 0.1) is 0 Å². The summed E-state index contributed by atoms with van der Waals surface area (Å²) in [6.45, 7) is 0.679. The van der Waals surface area contributed by atoms with Gasteiger partial charge in [-0.05, 0) is 35.2 Å². The number of nitrogens with zero attached hydrogens (tertiary/aromatic N) is 3. The standard InChI is InChI=1S/C5H8BrN3O/c1-9(2)3-4-7-5(6)8-10-4/h3H2,1-2H3. The van der Waals surface area contributed by atoms with Gasteiger partial charge in [-0.25, -0.2) is 0 Å². The molecule has 1 rings (SSSR count). The fourth-order valence-corrected chi connectivity index (χ4v) is 0.839. The largest absolute Gasteiger partial charge is 0.337 e. The van der Waals surface area contributed by atoms with Gasteiger partial charge in [-0.3, -0.25) is 0 Å². The summed E-state index contributed by atoms with van der Waals surface area (Å²) in [7, 11) is 3.89. The van der Waals surface area contributed by atoms with Gasteiger partial charge in [-0.1, -0.05) is 0 Å². The minimum absolute atomic E-state index is 0.504. The molecule has 0 saturated carbocycles. The van der Waals surface area contributed by atoms with E-state index in [-0.39, 0.29) is 0 Å². The Bertz CT molecular complexity index is 210. The SMILES string of the molecule is CN(C)Cc1nc(Br)no1. The van der Waals surface area contributed by atoms with Crippen molar-refractivity contribution in [1.29, 1.82) is 0 Å². The maximum absolute atomic E-state index is 4.83. The molecule has 1 heterocycles. The Kier molecular flexibility index (Phi) is 2.39. The van der Waals surface area contributed by atoms with Crippen molar-refractivity contribution in [2.45, 2.75) is 6.54 Å². The van der Waals surface area contributed by atoms with Crippen LogP contribution in [0.3, 0.4) is 0 Å². The summed E-state index contributed by atoms with van der Waals surface area (Å²) in [4.78, 5) is 5.91. The second kappa shape index (κ2) is 3.12. The smallest absolute Gasteiger partial charge is 0.241 e. The molecule has 1 aromatic heterocycles. The number of aromatic nitrogens is 2. The third kappa shape index (κ3) is 2.07. The highest BCUT2D eigenvalue weighted by molar-refractivity contribution is 9.10. The Balaban J connectivity index is 2.58. The summed E-state index contributed by atoms with van der Waals surface area (Å²) in [6, 6.07) is 0. The van der Waals surface area contributed by atoms with E-state index < -0.39 is 0 Å².